The molecule has 4 aromatic heterocycles. The van der Waals surface area contributed by atoms with Gasteiger partial charge in [0, 0.05) is 60.4 Å². The van der Waals surface area contributed by atoms with Crippen LogP contribution in [0.25, 0.3) is 17.1 Å². The molecule has 2 N–H and O–H groups in total. The first kappa shape index (κ1) is 25.2. The maximum Gasteiger partial charge on any atom is 0.217 e. The standard InChI is InChI=1S/C31H35N7O2/c1-39-30-25(3-2-12-33-30)31(21-9-13-32-14-10-21)11-8-26-24(19-31)27-28(34-20-35-29(27)37-26)36-22-4-6-23(7-5-22)38-15-17-40-18-16-38/h2-3,8-14,20,22-23H,4-7,15-19H2,1H3,(H2,34,35,36,37)/t22-,23-,31?. The van der Waals surface area contributed by atoms with Crippen molar-refractivity contribution in [2.24, 2.45) is 0 Å². The molecule has 7 rings (SSSR count). The zero-order valence-electron chi connectivity index (χ0n) is 22.8. The quantitative estimate of drug-likeness (QED) is 0.374. The minimum absolute atomic E-state index is 0.392. The molecule has 3 aliphatic rings. The lowest BCUT2D eigenvalue weighted by Crippen LogP contribution is -2.46. The van der Waals surface area contributed by atoms with Crippen LogP contribution in [0.3, 0.4) is 0 Å². The van der Waals surface area contributed by atoms with Gasteiger partial charge in [0.05, 0.1) is 25.7 Å². The third-order valence-electron chi connectivity index (χ3n) is 8.96. The number of aromatic nitrogens is 5. The van der Waals surface area contributed by atoms with Crippen LogP contribution in [0.4, 0.5) is 5.82 Å². The summed E-state index contributed by atoms with van der Waals surface area (Å²) >= 11 is 0. The van der Waals surface area contributed by atoms with E-state index >= 15 is 0 Å². The normalized spacial score (nSPS) is 25.0. The molecule has 0 amide bonds. The molecule has 1 saturated heterocycles. The van der Waals surface area contributed by atoms with Gasteiger partial charge < -0.3 is 19.8 Å². The highest BCUT2D eigenvalue weighted by Crippen LogP contribution is 2.46. The molecule has 9 heteroatoms. The highest BCUT2D eigenvalue weighted by Gasteiger charge is 2.39. The predicted molar refractivity (Wildman–Crippen MR) is 154 cm³/mol. The summed E-state index contributed by atoms with van der Waals surface area (Å²) in [6, 6.07) is 9.30. The average molecular weight is 538 g/mol. The lowest BCUT2D eigenvalue weighted by Gasteiger charge is -2.39. The molecule has 1 atom stereocenters. The third kappa shape index (κ3) is 4.43. The number of fused-ring (bicyclic) bond motifs is 3. The van der Waals surface area contributed by atoms with Crippen LogP contribution in [0.1, 0.15) is 48.1 Å². The van der Waals surface area contributed by atoms with Gasteiger partial charge in [-0.15, -0.1) is 0 Å². The average Bonchev–Trinajstić information content (AvgIpc) is 3.41. The summed E-state index contributed by atoms with van der Waals surface area (Å²) in [7, 11) is 1.68. The number of nitrogens with zero attached hydrogens (tertiary/aromatic N) is 5. The van der Waals surface area contributed by atoms with Gasteiger partial charge in [0.2, 0.25) is 5.88 Å². The number of aromatic amines is 1. The fourth-order valence-corrected chi connectivity index (χ4v) is 6.90. The van der Waals surface area contributed by atoms with Gasteiger partial charge in [-0.3, -0.25) is 9.88 Å². The van der Waals surface area contributed by atoms with Crippen molar-refractivity contribution < 1.29 is 9.47 Å². The topological polar surface area (TPSA) is 101 Å². The van der Waals surface area contributed by atoms with E-state index in [0.717, 1.165) is 79.2 Å². The second-order valence-corrected chi connectivity index (χ2v) is 11.0. The first-order valence-electron chi connectivity index (χ1n) is 14.3. The van der Waals surface area contributed by atoms with E-state index in [-0.39, 0.29) is 0 Å². The zero-order chi connectivity index (χ0) is 26.9. The van der Waals surface area contributed by atoms with Crippen molar-refractivity contribution >= 4 is 22.9 Å². The summed E-state index contributed by atoms with van der Waals surface area (Å²) in [4.78, 5) is 24.4. The fraction of sp³-hybridized carbons (Fsp3) is 0.419. The number of H-pyrrole nitrogens is 1. The van der Waals surface area contributed by atoms with Crippen LogP contribution in [-0.4, -0.2) is 75.3 Å². The van der Waals surface area contributed by atoms with Crippen LogP contribution in [-0.2, 0) is 16.6 Å². The number of pyridine rings is 2. The molecule has 4 aromatic rings. The number of morpholine rings is 1. The van der Waals surface area contributed by atoms with Gasteiger partial charge >= 0.3 is 0 Å². The van der Waals surface area contributed by atoms with E-state index < -0.39 is 5.41 Å². The number of methoxy groups -OCH3 is 1. The SMILES string of the molecule is COc1ncccc1C1(c2ccncc2)C=Cc2[nH]c3ncnc(N[C@H]4CC[C@H](N5CCOCC5)CC4)c3c2C1. The highest BCUT2D eigenvalue weighted by atomic mass is 16.5. The highest BCUT2D eigenvalue weighted by molar-refractivity contribution is 5.94. The molecule has 206 valence electrons. The van der Waals surface area contributed by atoms with Crippen molar-refractivity contribution in [3.8, 4) is 5.88 Å². The molecule has 2 fully saturated rings. The molecule has 40 heavy (non-hydrogen) atoms. The Morgan fingerprint density at radius 2 is 1.85 bits per heavy atom. The van der Waals surface area contributed by atoms with Gasteiger partial charge in [-0.05, 0) is 67.5 Å². The molecule has 1 saturated carbocycles. The van der Waals surface area contributed by atoms with Gasteiger partial charge in [0.15, 0.2) is 0 Å². The van der Waals surface area contributed by atoms with Gasteiger partial charge in [-0.2, -0.15) is 0 Å². The Balaban J connectivity index is 1.22. The molecule has 1 unspecified atom stereocenters. The van der Waals surface area contributed by atoms with Gasteiger partial charge in [0.25, 0.3) is 0 Å². The summed E-state index contributed by atoms with van der Waals surface area (Å²) in [5, 5.41) is 4.90. The van der Waals surface area contributed by atoms with Crippen LogP contribution in [0.2, 0.25) is 0 Å². The second kappa shape index (κ2) is 10.6. The van der Waals surface area contributed by atoms with Crippen molar-refractivity contribution in [2.45, 2.75) is 49.6 Å². The largest absolute Gasteiger partial charge is 0.481 e. The van der Waals surface area contributed by atoms with Crippen molar-refractivity contribution in [1.82, 2.24) is 29.8 Å². The van der Waals surface area contributed by atoms with Crippen LogP contribution in [0.15, 0.2) is 55.3 Å². The number of allylic oxidation sites excluding steroid dienone is 1. The Kier molecular flexibility index (Phi) is 6.69. The van der Waals surface area contributed by atoms with E-state index in [9.17, 15) is 0 Å². The first-order chi connectivity index (χ1) is 19.7. The molecule has 9 nitrogen and oxygen atoms in total. The summed E-state index contributed by atoms with van der Waals surface area (Å²) < 4.78 is 11.3. The predicted octanol–water partition coefficient (Wildman–Crippen LogP) is 4.37. The van der Waals surface area contributed by atoms with E-state index in [1.165, 1.54) is 18.4 Å². The van der Waals surface area contributed by atoms with Crippen molar-refractivity contribution in [2.75, 3.05) is 38.7 Å². The molecule has 0 radical (unpaired) electrons. The maximum absolute atomic E-state index is 5.76. The van der Waals surface area contributed by atoms with E-state index in [0.29, 0.717) is 18.0 Å². The van der Waals surface area contributed by atoms with Crippen LogP contribution >= 0.6 is 0 Å². The summed E-state index contributed by atoms with van der Waals surface area (Å²) in [6.07, 6.45) is 16.9. The molecule has 0 bridgehead atoms. The molecule has 1 aliphatic heterocycles. The van der Waals surface area contributed by atoms with Gasteiger partial charge in [-0.25, -0.2) is 15.0 Å². The number of rotatable bonds is 6. The number of hydrogen-bond donors (Lipinski definition) is 2. The van der Waals surface area contributed by atoms with E-state index in [2.05, 4.69) is 60.5 Å². The Hall–Kier alpha value is -3.82. The summed E-state index contributed by atoms with van der Waals surface area (Å²) in [5.74, 6) is 1.54. The van der Waals surface area contributed by atoms with Gasteiger partial charge in [0.1, 0.15) is 17.8 Å². The fourth-order valence-electron chi connectivity index (χ4n) is 6.90. The maximum atomic E-state index is 5.76. The van der Waals surface area contributed by atoms with E-state index in [4.69, 9.17) is 14.5 Å². The molecular formula is C31H35N7O2. The van der Waals surface area contributed by atoms with E-state index in [1.807, 2.05) is 18.5 Å². The van der Waals surface area contributed by atoms with E-state index in [1.54, 1.807) is 19.6 Å². The molecule has 0 spiro atoms. The summed E-state index contributed by atoms with van der Waals surface area (Å²) in [6.45, 7) is 3.82. The molecule has 5 heterocycles. The van der Waals surface area contributed by atoms with Crippen LogP contribution < -0.4 is 10.1 Å². The van der Waals surface area contributed by atoms with Crippen LogP contribution in [0, 0.1) is 0 Å². The van der Waals surface area contributed by atoms with Crippen molar-refractivity contribution in [1.29, 1.82) is 0 Å². The van der Waals surface area contributed by atoms with Crippen LogP contribution in [0.5, 0.6) is 5.88 Å². The Morgan fingerprint density at radius 3 is 2.65 bits per heavy atom. The first-order valence-corrected chi connectivity index (χ1v) is 14.3. The molecule has 2 aliphatic carbocycles. The minimum atomic E-state index is -0.478. The smallest absolute Gasteiger partial charge is 0.217 e. The molecule has 0 aromatic carbocycles. The summed E-state index contributed by atoms with van der Waals surface area (Å²) in [5.41, 5.74) is 4.81. The number of nitrogens with one attached hydrogen (secondary N) is 2. The van der Waals surface area contributed by atoms with Gasteiger partial charge in [-0.1, -0.05) is 12.1 Å². The lowest BCUT2D eigenvalue weighted by atomic mass is 9.68. The number of anilines is 1. The Morgan fingerprint density at radius 1 is 1.02 bits per heavy atom. The minimum Gasteiger partial charge on any atom is -0.481 e. The monoisotopic (exact) mass is 537 g/mol. The van der Waals surface area contributed by atoms with Crippen molar-refractivity contribution in [3.63, 3.8) is 0 Å². The number of hydrogen-bond acceptors (Lipinski definition) is 8. The second-order valence-electron chi connectivity index (χ2n) is 11.0. The zero-order valence-corrected chi connectivity index (χ0v) is 22.8. The Bertz CT molecular complexity index is 1510. The van der Waals surface area contributed by atoms with Crippen molar-refractivity contribution in [3.05, 3.63) is 77.6 Å². The lowest BCUT2D eigenvalue weighted by molar-refractivity contribution is 0.00791. The Labute approximate surface area is 234 Å². The molecular weight excluding hydrogens is 502 g/mol. The number of ether oxygens (including phenoxy) is 2. The third-order valence-corrected chi connectivity index (χ3v) is 8.96.